The molecule has 2 heterocycles. The van der Waals surface area contributed by atoms with Crippen LogP contribution in [0, 0.1) is 0 Å². The van der Waals surface area contributed by atoms with E-state index in [1.807, 2.05) is 18.2 Å². The molecular weight excluding hydrogens is 266 g/mol. The molecule has 21 heavy (non-hydrogen) atoms. The van der Waals surface area contributed by atoms with Gasteiger partial charge in [-0.25, -0.2) is 4.99 Å². The predicted molar refractivity (Wildman–Crippen MR) is 84.2 cm³/mol. The minimum absolute atomic E-state index is 0.0169. The summed E-state index contributed by atoms with van der Waals surface area (Å²) in [4.78, 5) is 7.14. The van der Waals surface area contributed by atoms with Gasteiger partial charge in [0, 0.05) is 24.8 Å². The van der Waals surface area contributed by atoms with Crippen LogP contribution in [0.2, 0.25) is 0 Å². The fourth-order valence-electron chi connectivity index (χ4n) is 3.02. The van der Waals surface area contributed by atoms with Gasteiger partial charge in [0.1, 0.15) is 17.3 Å². The van der Waals surface area contributed by atoms with Crippen LogP contribution in [0.5, 0.6) is 5.75 Å². The van der Waals surface area contributed by atoms with Crippen LogP contribution in [-0.2, 0) is 4.74 Å². The normalized spacial score (nSPS) is 28.6. The summed E-state index contributed by atoms with van der Waals surface area (Å²) in [7, 11) is 0. The Kier molecular flexibility index (Phi) is 3.76. The molecule has 3 atom stereocenters. The fraction of sp³-hybridized carbons (Fsp3) is 0.562. The Bertz CT molecular complexity index is 548. The van der Waals surface area contributed by atoms with Crippen LogP contribution < -0.4 is 10.5 Å². The number of nitrogens with two attached hydrogens (primary N) is 1. The quantitative estimate of drug-likeness (QED) is 0.807. The zero-order valence-corrected chi connectivity index (χ0v) is 12.9. The summed E-state index contributed by atoms with van der Waals surface area (Å²) in [6.45, 7) is 8.02. The lowest BCUT2D eigenvalue weighted by atomic mass is 10.1. The molecule has 0 saturated carbocycles. The highest BCUT2D eigenvalue weighted by atomic mass is 16.5. The first kappa shape index (κ1) is 14.2. The molecular formula is C16H23N3O2. The van der Waals surface area contributed by atoms with Crippen molar-refractivity contribution < 1.29 is 9.47 Å². The van der Waals surface area contributed by atoms with Crippen LogP contribution >= 0.6 is 0 Å². The number of aliphatic imine (C=N–C) groups is 1. The smallest absolute Gasteiger partial charge is 0.156 e. The zero-order valence-electron chi connectivity index (χ0n) is 12.9. The molecule has 1 aromatic carbocycles. The van der Waals surface area contributed by atoms with Gasteiger partial charge in [0.15, 0.2) is 6.10 Å². The van der Waals surface area contributed by atoms with Crippen molar-refractivity contribution in [2.45, 2.75) is 45.5 Å². The number of hydrogen-bond acceptors (Lipinski definition) is 5. The number of morpholine rings is 1. The molecule has 1 saturated heterocycles. The summed E-state index contributed by atoms with van der Waals surface area (Å²) in [5, 5.41) is 0. The first-order valence-electron chi connectivity index (χ1n) is 7.62. The highest BCUT2D eigenvalue weighted by Crippen LogP contribution is 2.35. The van der Waals surface area contributed by atoms with E-state index >= 15 is 0 Å². The zero-order chi connectivity index (χ0) is 15.0. The lowest BCUT2D eigenvalue weighted by Crippen LogP contribution is -2.52. The third-order valence-corrected chi connectivity index (χ3v) is 3.89. The van der Waals surface area contributed by atoms with E-state index in [2.05, 4.69) is 25.7 Å². The SMILES string of the molecule is CCC1Oc2cc(N)ccc2N=C1N1CC(C)OC(C)C1. The molecule has 0 aliphatic carbocycles. The lowest BCUT2D eigenvalue weighted by Gasteiger charge is -2.40. The van der Waals surface area contributed by atoms with E-state index in [9.17, 15) is 0 Å². The summed E-state index contributed by atoms with van der Waals surface area (Å²) in [6.07, 6.45) is 1.29. The predicted octanol–water partition coefficient (Wildman–Crippen LogP) is 2.58. The van der Waals surface area contributed by atoms with Gasteiger partial charge in [0.05, 0.1) is 12.2 Å². The highest BCUT2D eigenvalue weighted by Gasteiger charge is 2.32. The van der Waals surface area contributed by atoms with Crippen molar-refractivity contribution in [2.24, 2.45) is 4.99 Å². The number of hydrogen-bond donors (Lipinski definition) is 1. The molecule has 1 aromatic rings. The van der Waals surface area contributed by atoms with E-state index < -0.39 is 0 Å². The number of anilines is 1. The van der Waals surface area contributed by atoms with E-state index in [4.69, 9.17) is 20.2 Å². The summed E-state index contributed by atoms with van der Waals surface area (Å²) in [5.74, 6) is 1.79. The topological polar surface area (TPSA) is 60.1 Å². The summed E-state index contributed by atoms with van der Waals surface area (Å²) in [6, 6.07) is 5.63. The average Bonchev–Trinajstić information content (AvgIpc) is 2.44. The molecule has 5 heteroatoms. The summed E-state index contributed by atoms with van der Waals surface area (Å²) >= 11 is 0. The molecule has 5 nitrogen and oxygen atoms in total. The van der Waals surface area contributed by atoms with Crippen molar-refractivity contribution in [3.05, 3.63) is 18.2 Å². The van der Waals surface area contributed by atoms with Gasteiger partial charge < -0.3 is 20.1 Å². The molecule has 0 spiro atoms. The van der Waals surface area contributed by atoms with Crippen LogP contribution in [0.25, 0.3) is 0 Å². The van der Waals surface area contributed by atoms with E-state index in [1.54, 1.807) is 0 Å². The fourth-order valence-corrected chi connectivity index (χ4v) is 3.02. The van der Waals surface area contributed by atoms with Crippen molar-refractivity contribution in [1.29, 1.82) is 0 Å². The Morgan fingerprint density at radius 1 is 1.29 bits per heavy atom. The second-order valence-electron chi connectivity index (χ2n) is 5.87. The Balaban J connectivity index is 1.93. The van der Waals surface area contributed by atoms with E-state index in [0.717, 1.165) is 36.8 Å². The number of ether oxygens (including phenoxy) is 2. The molecule has 2 N–H and O–H groups in total. The molecule has 3 unspecified atom stereocenters. The molecule has 1 fully saturated rings. The highest BCUT2D eigenvalue weighted by molar-refractivity contribution is 5.92. The molecule has 3 rings (SSSR count). The third kappa shape index (κ3) is 2.83. The largest absolute Gasteiger partial charge is 0.480 e. The molecule has 0 radical (unpaired) electrons. The maximum absolute atomic E-state index is 6.10. The van der Waals surface area contributed by atoms with Gasteiger partial charge in [-0.1, -0.05) is 6.92 Å². The van der Waals surface area contributed by atoms with Gasteiger partial charge in [-0.3, -0.25) is 0 Å². The van der Waals surface area contributed by atoms with E-state index in [-0.39, 0.29) is 18.3 Å². The molecule has 0 amide bonds. The van der Waals surface area contributed by atoms with Crippen molar-refractivity contribution in [3.63, 3.8) is 0 Å². The average molecular weight is 289 g/mol. The Morgan fingerprint density at radius 3 is 2.67 bits per heavy atom. The number of rotatable bonds is 1. The summed E-state index contributed by atoms with van der Waals surface area (Å²) < 4.78 is 11.9. The van der Waals surface area contributed by atoms with Crippen LogP contribution in [0.4, 0.5) is 11.4 Å². The first-order chi connectivity index (χ1) is 10.1. The molecule has 0 aromatic heterocycles. The minimum Gasteiger partial charge on any atom is -0.480 e. The molecule has 2 aliphatic rings. The van der Waals surface area contributed by atoms with Crippen LogP contribution in [-0.4, -0.2) is 42.1 Å². The van der Waals surface area contributed by atoms with Gasteiger partial charge in [-0.05, 0) is 32.4 Å². The van der Waals surface area contributed by atoms with Gasteiger partial charge in [0.25, 0.3) is 0 Å². The monoisotopic (exact) mass is 289 g/mol. The Morgan fingerprint density at radius 2 is 2.00 bits per heavy atom. The van der Waals surface area contributed by atoms with Crippen molar-refractivity contribution >= 4 is 17.2 Å². The van der Waals surface area contributed by atoms with Crippen molar-refractivity contribution in [1.82, 2.24) is 4.90 Å². The number of nitrogens with zero attached hydrogens (tertiary/aromatic N) is 2. The van der Waals surface area contributed by atoms with E-state index in [0.29, 0.717) is 5.69 Å². The van der Waals surface area contributed by atoms with Crippen LogP contribution in [0.15, 0.2) is 23.2 Å². The van der Waals surface area contributed by atoms with Crippen LogP contribution in [0.1, 0.15) is 27.2 Å². The van der Waals surface area contributed by atoms with Gasteiger partial charge in [0.2, 0.25) is 0 Å². The van der Waals surface area contributed by atoms with Crippen molar-refractivity contribution in [3.8, 4) is 5.75 Å². The van der Waals surface area contributed by atoms with Gasteiger partial charge >= 0.3 is 0 Å². The third-order valence-electron chi connectivity index (χ3n) is 3.89. The molecule has 0 bridgehead atoms. The standard InChI is InChI=1S/C16H23N3O2/c1-4-14-16(19-8-10(2)20-11(3)9-19)18-13-6-5-12(17)7-15(13)21-14/h5-7,10-11,14H,4,8-9,17H2,1-3H3. The lowest BCUT2D eigenvalue weighted by molar-refractivity contribution is -0.0501. The van der Waals surface area contributed by atoms with Crippen molar-refractivity contribution in [2.75, 3.05) is 18.8 Å². The number of benzene rings is 1. The number of amidine groups is 1. The second kappa shape index (κ2) is 5.56. The number of nitrogen functional groups attached to an aromatic ring is 1. The maximum Gasteiger partial charge on any atom is 0.156 e. The minimum atomic E-state index is -0.0169. The van der Waals surface area contributed by atoms with Gasteiger partial charge in [-0.2, -0.15) is 0 Å². The maximum atomic E-state index is 6.10. The number of fused-ring (bicyclic) bond motifs is 1. The molecule has 2 aliphatic heterocycles. The van der Waals surface area contributed by atoms with Gasteiger partial charge in [-0.15, -0.1) is 0 Å². The second-order valence-corrected chi connectivity index (χ2v) is 5.87. The molecule has 114 valence electrons. The summed E-state index contributed by atoms with van der Waals surface area (Å²) in [5.41, 5.74) is 7.39. The first-order valence-corrected chi connectivity index (χ1v) is 7.62. The van der Waals surface area contributed by atoms with Crippen LogP contribution in [0.3, 0.4) is 0 Å². The Labute approximate surface area is 125 Å². The Hall–Kier alpha value is -1.75. The van der Waals surface area contributed by atoms with E-state index in [1.165, 1.54) is 0 Å².